The Labute approximate surface area is 177 Å². The fourth-order valence-electron chi connectivity index (χ4n) is 3.64. The van der Waals surface area contributed by atoms with Crippen molar-refractivity contribution in [2.24, 2.45) is 4.99 Å². The van der Waals surface area contributed by atoms with Crippen molar-refractivity contribution in [3.8, 4) is 0 Å². The van der Waals surface area contributed by atoms with E-state index in [0.717, 1.165) is 25.5 Å². The van der Waals surface area contributed by atoms with Crippen molar-refractivity contribution in [2.75, 3.05) is 20.1 Å². The number of rotatable bonds is 6. The van der Waals surface area contributed by atoms with Crippen LogP contribution in [0.25, 0.3) is 10.9 Å². The van der Waals surface area contributed by atoms with Gasteiger partial charge in [0, 0.05) is 42.7 Å². The highest BCUT2D eigenvalue weighted by Gasteiger charge is 2.43. The number of hydrogen-bond acceptors (Lipinski definition) is 1. The minimum atomic E-state index is 0. The van der Waals surface area contributed by atoms with Gasteiger partial charge in [-0.2, -0.15) is 0 Å². The van der Waals surface area contributed by atoms with Crippen molar-refractivity contribution < 1.29 is 0 Å². The van der Waals surface area contributed by atoms with E-state index >= 15 is 0 Å². The van der Waals surface area contributed by atoms with E-state index in [0.29, 0.717) is 0 Å². The predicted octanol–water partition coefficient (Wildman–Crippen LogP) is 4.23. The molecular weight excluding hydrogens is 447 g/mol. The van der Waals surface area contributed by atoms with Gasteiger partial charge in [0.15, 0.2) is 5.96 Å². The lowest BCUT2D eigenvalue weighted by atomic mass is 9.96. The van der Waals surface area contributed by atoms with Crippen LogP contribution < -0.4 is 10.6 Å². The van der Waals surface area contributed by atoms with Gasteiger partial charge in [-0.05, 0) is 36.5 Å². The third-order valence-electron chi connectivity index (χ3n) is 5.42. The zero-order valence-corrected chi connectivity index (χ0v) is 18.0. The highest BCUT2D eigenvalue weighted by molar-refractivity contribution is 14.0. The Morgan fingerprint density at radius 3 is 2.52 bits per heavy atom. The third-order valence-corrected chi connectivity index (χ3v) is 5.42. The molecule has 3 aromatic rings. The quantitative estimate of drug-likeness (QED) is 0.285. The number of fused-ring (bicyclic) bond motifs is 1. The molecule has 1 saturated carbocycles. The molecule has 1 fully saturated rings. The smallest absolute Gasteiger partial charge is 0.191 e. The van der Waals surface area contributed by atoms with E-state index in [2.05, 4.69) is 81.4 Å². The Morgan fingerprint density at radius 1 is 1.04 bits per heavy atom. The van der Waals surface area contributed by atoms with Gasteiger partial charge in [0.25, 0.3) is 0 Å². The van der Waals surface area contributed by atoms with Crippen LogP contribution in [0.1, 0.15) is 24.0 Å². The summed E-state index contributed by atoms with van der Waals surface area (Å²) >= 11 is 0. The molecular formula is C22H27IN4. The fourth-order valence-corrected chi connectivity index (χ4v) is 3.64. The summed E-state index contributed by atoms with van der Waals surface area (Å²) in [6.07, 6.45) is 5.57. The number of hydrogen-bond donors (Lipinski definition) is 3. The van der Waals surface area contributed by atoms with Crippen LogP contribution in [0.3, 0.4) is 0 Å². The number of H-pyrrole nitrogens is 1. The van der Waals surface area contributed by atoms with Crippen LogP contribution in [0.2, 0.25) is 0 Å². The summed E-state index contributed by atoms with van der Waals surface area (Å²) in [5.74, 6) is 0.882. The molecule has 1 aliphatic rings. The largest absolute Gasteiger partial charge is 0.361 e. The SMILES string of the molecule is CN=C(NCCc1c[nH]c2ccccc12)NCC1(c2ccccc2)CC1.I. The van der Waals surface area contributed by atoms with Gasteiger partial charge in [-0.15, -0.1) is 24.0 Å². The standard InChI is InChI=1S/C22H26N4.HI/c1-23-21(26-16-22(12-13-22)18-7-3-2-4-8-18)24-14-11-17-15-25-20-10-6-5-9-19(17)20;/h2-10,15,25H,11-14,16H2,1H3,(H2,23,24,26);1H. The minimum Gasteiger partial charge on any atom is -0.361 e. The molecule has 3 N–H and O–H groups in total. The Hall–Kier alpha value is -2.02. The van der Waals surface area contributed by atoms with Gasteiger partial charge in [0.05, 0.1) is 0 Å². The zero-order valence-electron chi connectivity index (χ0n) is 15.7. The molecule has 1 aromatic heterocycles. The van der Waals surface area contributed by atoms with E-state index < -0.39 is 0 Å². The van der Waals surface area contributed by atoms with Crippen molar-refractivity contribution in [1.29, 1.82) is 0 Å². The molecule has 1 aliphatic carbocycles. The van der Waals surface area contributed by atoms with Gasteiger partial charge in [0.2, 0.25) is 0 Å². The average molecular weight is 474 g/mol. The summed E-state index contributed by atoms with van der Waals surface area (Å²) in [5, 5.41) is 8.27. The number of nitrogens with zero attached hydrogens (tertiary/aromatic N) is 1. The molecule has 2 aromatic carbocycles. The highest BCUT2D eigenvalue weighted by Crippen LogP contribution is 2.47. The molecule has 0 saturated heterocycles. The number of aromatic nitrogens is 1. The number of aliphatic imine (C=N–C) groups is 1. The normalized spacial score (nSPS) is 15.2. The predicted molar refractivity (Wildman–Crippen MR) is 124 cm³/mol. The molecule has 0 aliphatic heterocycles. The first kappa shape index (κ1) is 19.7. The second kappa shape index (κ2) is 8.78. The number of para-hydroxylation sites is 1. The third kappa shape index (κ3) is 4.46. The van der Waals surface area contributed by atoms with Gasteiger partial charge in [0.1, 0.15) is 0 Å². The number of benzene rings is 2. The summed E-state index contributed by atoms with van der Waals surface area (Å²) in [7, 11) is 1.84. The maximum absolute atomic E-state index is 4.38. The minimum absolute atomic E-state index is 0. The van der Waals surface area contributed by atoms with Crippen LogP contribution in [0.4, 0.5) is 0 Å². The van der Waals surface area contributed by atoms with Gasteiger partial charge < -0.3 is 15.6 Å². The molecule has 0 atom stereocenters. The lowest BCUT2D eigenvalue weighted by Gasteiger charge is -2.19. The monoisotopic (exact) mass is 474 g/mol. The first-order valence-corrected chi connectivity index (χ1v) is 9.36. The maximum Gasteiger partial charge on any atom is 0.191 e. The molecule has 4 nitrogen and oxygen atoms in total. The molecule has 5 heteroatoms. The lowest BCUT2D eigenvalue weighted by molar-refractivity contribution is 0.645. The number of aromatic amines is 1. The van der Waals surface area contributed by atoms with Crippen LogP contribution in [-0.4, -0.2) is 31.1 Å². The van der Waals surface area contributed by atoms with Crippen LogP contribution in [0.15, 0.2) is 65.8 Å². The van der Waals surface area contributed by atoms with Crippen molar-refractivity contribution in [2.45, 2.75) is 24.7 Å². The molecule has 4 rings (SSSR count). The van der Waals surface area contributed by atoms with E-state index in [-0.39, 0.29) is 29.4 Å². The van der Waals surface area contributed by atoms with Crippen LogP contribution in [-0.2, 0) is 11.8 Å². The molecule has 142 valence electrons. The van der Waals surface area contributed by atoms with E-state index in [9.17, 15) is 0 Å². The van der Waals surface area contributed by atoms with Crippen LogP contribution >= 0.6 is 24.0 Å². The second-order valence-corrected chi connectivity index (χ2v) is 7.11. The Kier molecular flexibility index (Phi) is 6.42. The van der Waals surface area contributed by atoms with Crippen molar-refractivity contribution in [3.63, 3.8) is 0 Å². The average Bonchev–Trinajstić information content (AvgIpc) is 3.39. The maximum atomic E-state index is 4.38. The molecule has 0 unspecified atom stereocenters. The van der Waals surface area contributed by atoms with E-state index in [4.69, 9.17) is 0 Å². The summed E-state index contributed by atoms with van der Waals surface area (Å²) in [6, 6.07) is 19.3. The molecule has 0 radical (unpaired) electrons. The van der Waals surface area contributed by atoms with Gasteiger partial charge in [-0.1, -0.05) is 48.5 Å². The topological polar surface area (TPSA) is 52.2 Å². The molecule has 0 amide bonds. The second-order valence-electron chi connectivity index (χ2n) is 7.11. The number of nitrogens with one attached hydrogen (secondary N) is 3. The molecule has 27 heavy (non-hydrogen) atoms. The van der Waals surface area contributed by atoms with Gasteiger partial charge in [-0.25, -0.2) is 0 Å². The van der Waals surface area contributed by atoms with Gasteiger partial charge in [-0.3, -0.25) is 4.99 Å². The molecule has 0 spiro atoms. The lowest BCUT2D eigenvalue weighted by Crippen LogP contribution is -2.41. The Morgan fingerprint density at radius 2 is 1.78 bits per heavy atom. The zero-order chi connectivity index (χ0) is 17.8. The molecule has 0 bridgehead atoms. The van der Waals surface area contributed by atoms with Crippen molar-refractivity contribution >= 4 is 40.8 Å². The Bertz CT molecular complexity index is 897. The molecule has 1 heterocycles. The van der Waals surface area contributed by atoms with Gasteiger partial charge >= 0.3 is 0 Å². The number of halogens is 1. The van der Waals surface area contributed by atoms with E-state index in [1.54, 1.807) is 0 Å². The van der Waals surface area contributed by atoms with Crippen LogP contribution in [0.5, 0.6) is 0 Å². The first-order valence-electron chi connectivity index (χ1n) is 9.36. The summed E-state index contributed by atoms with van der Waals surface area (Å²) in [6.45, 7) is 1.80. The highest BCUT2D eigenvalue weighted by atomic mass is 127. The van der Waals surface area contributed by atoms with E-state index in [1.165, 1.54) is 34.9 Å². The van der Waals surface area contributed by atoms with Crippen molar-refractivity contribution in [3.05, 3.63) is 71.9 Å². The Balaban J connectivity index is 0.00000210. The van der Waals surface area contributed by atoms with Crippen molar-refractivity contribution in [1.82, 2.24) is 15.6 Å². The summed E-state index contributed by atoms with van der Waals surface area (Å²) in [4.78, 5) is 7.72. The first-order chi connectivity index (χ1) is 12.8. The number of guanidine groups is 1. The summed E-state index contributed by atoms with van der Waals surface area (Å²) < 4.78 is 0. The van der Waals surface area contributed by atoms with Crippen LogP contribution in [0, 0.1) is 0 Å². The van der Waals surface area contributed by atoms with E-state index in [1.807, 2.05) is 7.05 Å². The summed E-state index contributed by atoms with van der Waals surface area (Å²) in [5.41, 5.74) is 4.26. The fraction of sp³-hybridized carbons (Fsp3) is 0.318.